The molecule has 20 nitrogen and oxygen atoms in total. The normalized spacial score (nSPS) is 12.5. The fraction of sp³-hybridized carbons (Fsp3) is 0. The minimum atomic E-state index is -10.8. The summed E-state index contributed by atoms with van der Waals surface area (Å²) in [5, 5.41) is 63.3. The summed E-state index contributed by atoms with van der Waals surface area (Å²) in [6.45, 7) is 0. The molecule has 22 heteroatoms. The molecule has 0 heterocycles. The maximum Gasteiger partial charge on any atom is 1.00 e. The first-order valence-electron chi connectivity index (χ1n) is 3.09. The van der Waals surface area contributed by atoms with E-state index in [-0.39, 0.29) is 41.9 Å². The van der Waals surface area contributed by atoms with Gasteiger partial charge >= 0.3 is 126 Å². The molecule has 0 amide bonds. The second kappa shape index (κ2) is 6.37. The van der Waals surface area contributed by atoms with Crippen LogP contribution in [0.2, 0.25) is 0 Å². The van der Waals surface area contributed by atoms with Crippen LogP contribution >= 0.6 is 0 Å². The molecule has 0 aromatic carbocycles. The van der Waals surface area contributed by atoms with Gasteiger partial charge in [0.2, 0.25) is 0 Å². The zero-order valence-electron chi connectivity index (χ0n) is 10.9. The number of rotatable bonds is 6. The number of nitrogens with zero attached hydrogens (tertiary/aromatic N) is 6. The van der Waals surface area contributed by atoms with Crippen molar-refractivity contribution in [3.05, 3.63) is 60.7 Å². The molecule has 0 aliphatic carbocycles. The summed E-state index contributed by atoms with van der Waals surface area (Å²) in [7, 11) is 0. The smallest absolute Gasteiger partial charge is 0.369 e. The van der Waals surface area contributed by atoms with Crippen LogP contribution in [-0.4, -0.2) is 22.0 Å². The van der Waals surface area contributed by atoms with E-state index in [1.165, 1.54) is 0 Å². The van der Waals surface area contributed by atoms with Crippen LogP contribution in [0, 0.1) is 60.7 Å². The first kappa shape index (κ1) is 28.2. The minimum Gasteiger partial charge on any atom is -0.369 e. The number of hydrogen-bond acceptors (Lipinski definition) is 12. The van der Waals surface area contributed by atoms with Crippen LogP contribution in [0.15, 0.2) is 0 Å². The molecule has 0 spiro atoms. The van der Waals surface area contributed by atoms with Crippen molar-refractivity contribution >= 4 is 0 Å². The summed E-state index contributed by atoms with van der Waals surface area (Å²) in [4.78, 5) is 63.3. The van der Waals surface area contributed by atoms with Gasteiger partial charge in [-0.15, -0.1) is 0 Å². The Labute approximate surface area is 138 Å². The predicted octanol–water partition coefficient (Wildman–Crippen LogP) is -3.88. The van der Waals surface area contributed by atoms with Crippen LogP contribution in [0.3, 0.4) is 0 Å². The topological polar surface area (TPSA) is 332 Å². The minimum absolute atomic E-state index is 0. The average molecular weight is 438 g/mol. The van der Waals surface area contributed by atoms with Crippen molar-refractivity contribution in [2.45, 2.75) is 0 Å². The van der Waals surface area contributed by atoms with Crippen molar-refractivity contribution in [3.63, 3.8) is 0 Å². The zero-order chi connectivity index (χ0) is 15.9. The molecule has 0 aliphatic rings. The molecular formula is H8N8NaO12Rh. The van der Waals surface area contributed by atoms with Gasteiger partial charge in [-0.3, -0.25) is 0 Å². The quantitative estimate of drug-likeness (QED) is 0.228. The summed E-state index contributed by atoms with van der Waals surface area (Å²) in [5.74, 6) is 0. The van der Waals surface area contributed by atoms with E-state index in [9.17, 15) is 60.7 Å². The average Bonchev–Trinajstić information content (AvgIpc) is 2.15. The molecule has 0 aliphatic heterocycles. The largest absolute Gasteiger partial charge is 1.00 e. The Hall–Kier alpha value is -2.06. The van der Waals surface area contributed by atoms with Crippen LogP contribution in [0.4, 0.5) is 0 Å². The fourth-order valence-corrected chi connectivity index (χ4v) is 3.94. The second-order valence-electron chi connectivity index (χ2n) is 2.18. The number of nitro groups is 6. The summed E-state index contributed by atoms with van der Waals surface area (Å²) < 4.78 is -19.4. The standard InChI is InChI=1S/6NO2.2H3N.Na.Rh/c6*2-1-3;;;;/h;;;;;;2*1H3;;/q;;;;;;;;+1;-3/p+2. The third-order valence-electron chi connectivity index (χ3n) is 1.63. The van der Waals surface area contributed by atoms with E-state index in [2.05, 4.69) is 0 Å². The van der Waals surface area contributed by atoms with Crippen molar-refractivity contribution in [2.75, 3.05) is 0 Å². The molecule has 130 valence electrons. The molecule has 22 heavy (non-hydrogen) atoms. The molecule has 0 fully saturated rings. The summed E-state index contributed by atoms with van der Waals surface area (Å²) in [6, 6.07) is 0. The summed E-state index contributed by atoms with van der Waals surface area (Å²) in [6.07, 6.45) is 0. The van der Waals surface area contributed by atoms with E-state index >= 15 is 0 Å². The molecule has 0 aromatic rings. The van der Waals surface area contributed by atoms with Gasteiger partial charge in [-0.1, -0.05) is 0 Å². The van der Waals surface area contributed by atoms with E-state index in [0.717, 1.165) is 0 Å². The summed E-state index contributed by atoms with van der Waals surface area (Å²) >= 11 is -10.8. The van der Waals surface area contributed by atoms with E-state index in [1.54, 1.807) is 0 Å². The molecule has 0 bridgehead atoms. The second-order valence-corrected chi connectivity index (χ2v) is 10.7. The van der Waals surface area contributed by atoms with Gasteiger partial charge in [0.15, 0.2) is 0 Å². The Bertz CT molecular complexity index is 434. The van der Waals surface area contributed by atoms with E-state index in [1.807, 2.05) is 0 Å². The Balaban J connectivity index is -0.000000540. The van der Waals surface area contributed by atoms with Crippen molar-refractivity contribution < 1.29 is 65.4 Å². The molecule has 0 radical (unpaired) electrons. The fourth-order valence-electron chi connectivity index (χ4n) is 0.667. The SMILES string of the molecule is O=[N+]([O-])[Rh-3]([N+](=O)[O-])([N+](=O)[O-])([N+](=O)[O-])([N+](=O)[O-])[N+](=O)[O-].[NH4+].[NH4+].[Na+]. The molecule has 0 saturated heterocycles. The van der Waals surface area contributed by atoms with Gasteiger partial charge in [0.1, 0.15) is 0 Å². The van der Waals surface area contributed by atoms with Gasteiger partial charge in [0.05, 0.1) is 0 Å². The Morgan fingerprint density at radius 2 is 0.545 bits per heavy atom. The molecule has 0 saturated carbocycles. The first-order valence-corrected chi connectivity index (χ1v) is 7.48. The van der Waals surface area contributed by atoms with E-state index < -0.39 is 35.9 Å². The maximum absolute atomic E-state index is 10.8. The third kappa shape index (κ3) is 1.53. The number of quaternary nitrogens is 2. The van der Waals surface area contributed by atoms with Crippen molar-refractivity contribution in [1.29, 1.82) is 0 Å². The molecule has 0 rings (SSSR count). The van der Waals surface area contributed by atoms with Gasteiger partial charge < -0.3 is 12.3 Å². The Morgan fingerprint density at radius 3 is 0.545 bits per heavy atom. The van der Waals surface area contributed by atoms with E-state index in [4.69, 9.17) is 0 Å². The summed E-state index contributed by atoms with van der Waals surface area (Å²) in [5.41, 5.74) is 0. The van der Waals surface area contributed by atoms with Crippen LogP contribution in [0.1, 0.15) is 0 Å². The molecule has 0 aromatic heterocycles. The van der Waals surface area contributed by atoms with Crippen LogP contribution in [0.25, 0.3) is 0 Å². The van der Waals surface area contributed by atoms with Crippen LogP contribution in [-0.2, 0) is 13.9 Å². The molecule has 0 atom stereocenters. The van der Waals surface area contributed by atoms with Gasteiger partial charge in [0.25, 0.3) is 0 Å². The molecular weight excluding hydrogens is 430 g/mol. The van der Waals surface area contributed by atoms with Crippen molar-refractivity contribution in [2.24, 2.45) is 0 Å². The molecule has 0 unspecified atom stereocenters. The van der Waals surface area contributed by atoms with Gasteiger partial charge in [-0.05, 0) is 0 Å². The third-order valence-corrected chi connectivity index (χ3v) is 9.66. The maximum atomic E-state index is 10.5. The van der Waals surface area contributed by atoms with Crippen molar-refractivity contribution in [1.82, 2.24) is 12.3 Å². The van der Waals surface area contributed by atoms with Crippen molar-refractivity contribution in [3.8, 4) is 0 Å². The first-order chi connectivity index (χ1) is 8.34. The monoisotopic (exact) mass is 438 g/mol. The number of hydrogen-bond donors (Lipinski definition) is 2. The molecule has 8 N–H and O–H groups in total. The van der Waals surface area contributed by atoms with Crippen LogP contribution < -0.4 is 41.9 Å². The van der Waals surface area contributed by atoms with E-state index in [0.29, 0.717) is 0 Å². The van der Waals surface area contributed by atoms with Crippen LogP contribution in [0.5, 0.6) is 0 Å². The Morgan fingerprint density at radius 1 is 0.455 bits per heavy atom. The zero-order valence-corrected chi connectivity index (χ0v) is 14.6. The van der Waals surface area contributed by atoms with Gasteiger partial charge in [-0.2, -0.15) is 0 Å². The predicted molar refractivity (Wildman–Crippen MR) is 53.9 cm³/mol. The Kier molecular flexibility index (Phi) is 8.15. The van der Waals surface area contributed by atoms with Gasteiger partial charge in [-0.25, -0.2) is 0 Å². The van der Waals surface area contributed by atoms with Gasteiger partial charge in [0, 0.05) is 0 Å².